The minimum absolute atomic E-state index is 0.0630. The first kappa shape index (κ1) is 33.1. The van der Waals surface area contributed by atoms with Gasteiger partial charge in [-0.25, -0.2) is 0 Å². The zero-order chi connectivity index (χ0) is 33.0. The number of hydrogen-bond acceptors (Lipinski definition) is 8. The van der Waals surface area contributed by atoms with Crippen molar-refractivity contribution < 1.29 is 19.1 Å². The Morgan fingerprint density at radius 2 is 1.60 bits per heavy atom. The van der Waals surface area contributed by atoms with Crippen LogP contribution in [0.2, 0.25) is 0 Å². The molecule has 0 bridgehead atoms. The number of nitrogens with zero attached hydrogens (tertiary/aromatic N) is 2. The van der Waals surface area contributed by atoms with Crippen LogP contribution < -0.4 is 20.7 Å². The van der Waals surface area contributed by atoms with Crippen LogP contribution in [-0.2, 0) is 16.2 Å². The molecule has 11 heteroatoms. The second kappa shape index (κ2) is 16.3. The predicted molar refractivity (Wildman–Crippen MR) is 187 cm³/mol. The molecule has 0 radical (unpaired) electrons. The molecule has 3 amide bonds. The van der Waals surface area contributed by atoms with Crippen LogP contribution in [0.1, 0.15) is 39.8 Å². The van der Waals surface area contributed by atoms with Crippen molar-refractivity contribution in [2.75, 3.05) is 10.6 Å². The summed E-state index contributed by atoms with van der Waals surface area (Å²) in [5, 5.41) is 17.3. The molecule has 0 aliphatic carbocycles. The fourth-order valence-electron chi connectivity index (χ4n) is 4.38. The molecule has 9 nitrogen and oxygen atoms in total. The Morgan fingerprint density at radius 3 is 2.28 bits per heavy atom. The SMILES string of the molecule is CCC(Sc1cccc(NC(=O)/C(=C/c2ccc(OCc3ccccc3)cc2)NC(=O)c2ccccc2)c1)C(=O)Nc1nnc(C)s1. The summed E-state index contributed by atoms with van der Waals surface area (Å²) in [5.74, 6) is -0.413. The fraction of sp³-hybridized carbons (Fsp3) is 0.139. The highest BCUT2D eigenvalue weighted by atomic mass is 32.2. The Hall–Kier alpha value is -5.26. The second-order valence-electron chi connectivity index (χ2n) is 10.3. The standard InChI is InChI=1S/C36H33N5O4S2/c1-3-32(35(44)39-36-41-40-24(2)46-36)47-30-16-10-15-28(22-30)37-34(43)31(38-33(42)27-13-8-5-9-14-27)21-25-17-19-29(20-18-25)45-23-26-11-6-4-7-12-26/h4-22,32H,3,23H2,1-2H3,(H,37,43)(H,38,42)(H,39,41,44)/b31-21-. The number of hydrogen-bond donors (Lipinski definition) is 3. The van der Waals surface area contributed by atoms with Crippen molar-refractivity contribution in [3.05, 3.63) is 137 Å². The lowest BCUT2D eigenvalue weighted by Gasteiger charge is -2.15. The number of carbonyl (C=O) groups excluding carboxylic acids is 3. The third kappa shape index (κ3) is 9.86. The van der Waals surface area contributed by atoms with E-state index in [1.165, 1.54) is 23.1 Å². The van der Waals surface area contributed by atoms with E-state index in [0.29, 0.717) is 40.7 Å². The van der Waals surface area contributed by atoms with Crippen molar-refractivity contribution >= 4 is 57.7 Å². The molecule has 0 saturated heterocycles. The Bertz CT molecular complexity index is 1840. The maximum atomic E-state index is 13.6. The third-order valence-corrected chi connectivity index (χ3v) is 8.87. The van der Waals surface area contributed by atoms with Gasteiger partial charge in [0.05, 0.1) is 5.25 Å². The quantitative estimate of drug-likeness (QED) is 0.0890. The molecule has 0 aliphatic heterocycles. The van der Waals surface area contributed by atoms with Crippen molar-refractivity contribution in [2.24, 2.45) is 0 Å². The number of benzene rings is 4. The molecule has 4 aromatic carbocycles. The van der Waals surface area contributed by atoms with Crippen LogP contribution in [0.15, 0.2) is 120 Å². The highest BCUT2D eigenvalue weighted by Crippen LogP contribution is 2.29. The maximum Gasteiger partial charge on any atom is 0.272 e. The van der Waals surface area contributed by atoms with Crippen molar-refractivity contribution in [2.45, 2.75) is 37.0 Å². The minimum Gasteiger partial charge on any atom is -0.489 e. The van der Waals surface area contributed by atoms with Crippen LogP contribution in [-0.4, -0.2) is 33.2 Å². The van der Waals surface area contributed by atoms with Gasteiger partial charge in [-0.15, -0.1) is 22.0 Å². The topological polar surface area (TPSA) is 122 Å². The number of anilines is 2. The van der Waals surface area contributed by atoms with Crippen LogP contribution >= 0.6 is 23.1 Å². The fourth-order valence-corrected chi connectivity index (χ4v) is 5.98. The Morgan fingerprint density at radius 1 is 0.872 bits per heavy atom. The normalized spacial score (nSPS) is 11.7. The summed E-state index contributed by atoms with van der Waals surface area (Å²) in [6.07, 6.45) is 2.20. The van der Waals surface area contributed by atoms with Crippen LogP contribution in [0.5, 0.6) is 5.75 Å². The third-order valence-electron chi connectivity index (χ3n) is 6.76. The zero-order valence-corrected chi connectivity index (χ0v) is 27.4. The largest absolute Gasteiger partial charge is 0.489 e. The molecule has 3 N–H and O–H groups in total. The van der Waals surface area contributed by atoms with E-state index in [1.807, 2.05) is 80.6 Å². The lowest BCUT2D eigenvalue weighted by atomic mass is 10.1. The Labute approximate surface area is 281 Å². The number of ether oxygens (including phenoxy) is 1. The van der Waals surface area contributed by atoms with Gasteiger partial charge in [0, 0.05) is 16.1 Å². The molecule has 1 unspecified atom stereocenters. The smallest absolute Gasteiger partial charge is 0.272 e. The van der Waals surface area contributed by atoms with E-state index < -0.39 is 11.8 Å². The van der Waals surface area contributed by atoms with Gasteiger partial charge in [0.15, 0.2) is 0 Å². The van der Waals surface area contributed by atoms with Crippen molar-refractivity contribution in [3.8, 4) is 5.75 Å². The van der Waals surface area contributed by atoms with Crippen molar-refractivity contribution in [3.63, 3.8) is 0 Å². The molecule has 0 aliphatic rings. The van der Waals surface area contributed by atoms with Gasteiger partial charge in [0.25, 0.3) is 11.8 Å². The van der Waals surface area contributed by atoms with E-state index in [-0.39, 0.29) is 16.9 Å². The Kier molecular flexibility index (Phi) is 11.5. The molecule has 238 valence electrons. The van der Waals surface area contributed by atoms with Gasteiger partial charge in [-0.3, -0.25) is 19.7 Å². The molecule has 1 heterocycles. The summed E-state index contributed by atoms with van der Waals surface area (Å²) in [6.45, 7) is 4.19. The second-order valence-corrected chi connectivity index (χ2v) is 12.8. The number of rotatable bonds is 13. The highest BCUT2D eigenvalue weighted by molar-refractivity contribution is 8.00. The van der Waals surface area contributed by atoms with Crippen LogP contribution in [0.4, 0.5) is 10.8 Å². The van der Waals surface area contributed by atoms with E-state index >= 15 is 0 Å². The Balaban J connectivity index is 1.30. The lowest BCUT2D eigenvalue weighted by Crippen LogP contribution is -2.30. The van der Waals surface area contributed by atoms with Gasteiger partial charge in [-0.05, 0) is 73.0 Å². The summed E-state index contributed by atoms with van der Waals surface area (Å²) in [5.41, 5.74) is 2.75. The monoisotopic (exact) mass is 663 g/mol. The van der Waals surface area contributed by atoms with E-state index in [0.717, 1.165) is 15.5 Å². The molecule has 47 heavy (non-hydrogen) atoms. The van der Waals surface area contributed by atoms with E-state index in [4.69, 9.17) is 4.74 Å². The molecule has 0 spiro atoms. The summed E-state index contributed by atoms with van der Waals surface area (Å²) < 4.78 is 5.89. The minimum atomic E-state index is -0.503. The summed E-state index contributed by atoms with van der Waals surface area (Å²) in [6, 6.07) is 33.0. The number of amides is 3. The van der Waals surface area contributed by atoms with Gasteiger partial charge in [0.1, 0.15) is 23.1 Å². The first-order chi connectivity index (χ1) is 22.9. The molecular weight excluding hydrogens is 631 g/mol. The lowest BCUT2D eigenvalue weighted by molar-refractivity contribution is -0.116. The average molecular weight is 664 g/mol. The summed E-state index contributed by atoms with van der Waals surface area (Å²) in [7, 11) is 0. The highest BCUT2D eigenvalue weighted by Gasteiger charge is 2.20. The van der Waals surface area contributed by atoms with E-state index in [1.54, 1.807) is 48.5 Å². The zero-order valence-electron chi connectivity index (χ0n) is 25.8. The number of nitrogens with one attached hydrogen (secondary N) is 3. The van der Waals surface area contributed by atoms with Crippen LogP contribution in [0, 0.1) is 6.92 Å². The molecular formula is C36H33N5O4S2. The number of aryl methyl sites for hydroxylation is 1. The number of aromatic nitrogens is 2. The average Bonchev–Trinajstić information content (AvgIpc) is 3.51. The van der Waals surface area contributed by atoms with Gasteiger partial charge in [0.2, 0.25) is 11.0 Å². The first-order valence-electron chi connectivity index (χ1n) is 14.9. The van der Waals surface area contributed by atoms with Gasteiger partial charge in [-0.2, -0.15) is 0 Å². The van der Waals surface area contributed by atoms with Gasteiger partial charge in [-0.1, -0.05) is 85.0 Å². The van der Waals surface area contributed by atoms with Gasteiger partial charge < -0.3 is 15.4 Å². The summed E-state index contributed by atoms with van der Waals surface area (Å²) in [4.78, 5) is 40.4. The van der Waals surface area contributed by atoms with E-state index in [2.05, 4.69) is 26.1 Å². The molecule has 5 rings (SSSR count). The molecule has 1 aromatic heterocycles. The van der Waals surface area contributed by atoms with Crippen LogP contribution in [0.25, 0.3) is 6.08 Å². The van der Waals surface area contributed by atoms with Crippen LogP contribution in [0.3, 0.4) is 0 Å². The first-order valence-corrected chi connectivity index (χ1v) is 16.6. The van der Waals surface area contributed by atoms with Crippen molar-refractivity contribution in [1.29, 1.82) is 0 Å². The maximum absolute atomic E-state index is 13.6. The number of carbonyl (C=O) groups is 3. The van der Waals surface area contributed by atoms with E-state index in [9.17, 15) is 14.4 Å². The van der Waals surface area contributed by atoms with Crippen molar-refractivity contribution in [1.82, 2.24) is 15.5 Å². The number of thioether (sulfide) groups is 1. The molecule has 1 atom stereocenters. The molecule has 0 fully saturated rings. The molecule has 5 aromatic rings. The van der Waals surface area contributed by atoms with Gasteiger partial charge >= 0.3 is 0 Å². The predicted octanol–water partition coefficient (Wildman–Crippen LogP) is 7.34. The summed E-state index contributed by atoms with van der Waals surface area (Å²) >= 11 is 2.70. The molecule has 0 saturated carbocycles.